The lowest BCUT2D eigenvalue weighted by atomic mass is 9.85. The van der Waals surface area contributed by atoms with Crippen molar-refractivity contribution in [3.05, 3.63) is 77.4 Å². The largest absolute Gasteiger partial charge is 0.383 e. The van der Waals surface area contributed by atoms with E-state index in [1.54, 1.807) is 12.0 Å². The Morgan fingerprint density at radius 2 is 1.70 bits per heavy atom. The summed E-state index contributed by atoms with van der Waals surface area (Å²) in [5, 5.41) is 0. The maximum Gasteiger partial charge on any atom is 0.328 e. The number of piperidine rings is 1. The first-order valence-corrected chi connectivity index (χ1v) is 11.7. The molecule has 1 spiro atoms. The number of carbonyl (C=O) groups is 2. The number of urea groups is 1. The van der Waals surface area contributed by atoms with Crippen LogP contribution in [0, 0.1) is 6.92 Å². The third-order valence-electron chi connectivity index (χ3n) is 6.85. The van der Waals surface area contributed by atoms with Crippen LogP contribution in [0.15, 0.2) is 60.7 Å². The monoisotopic (exact) mass is 447 g/mol. The van der Waals surface area contributed by atoms with Crippen LogP contribution in [0.1, 0.15) is 29.5 Å². The zero-order valence-electron chi connectivity index (χ0n) is 19.6. The van der Waals surface area contributed by atoms with E-state index < -0.39 is 5.54 Å². The smallest absolute Gasteiger partial charge is 0.328 e. The van der Waals surface area contributed by atoms with Gasteiger partial charge in [0.1, 0.15) is 5.54 Å². The molecule has 3 amide bonds. The molecule has 2 aromatic carbocycles. The predicted octanol–water partition coefficient (Wildman–Crippen LogP) is 3.95. The highest BCUT2D eigenvalue weighted by atomic mass is 16.5. The van der Waals surface area contributed by atoms with Crippen molar-refractivity contribution in [2.75, 3.05) is 39.9 Å². The molecule has 6 heteroatoms. The van der Waals surface area contributed by atoms with Gasteiger partial charge in [0.25, 0.3) is 5.91 Å². The van der Waals surface area contributed by atoms with Crippen molar-refractivity contribution in [1.29, 1.82) is 0 Å². The Labute approximate surface area is 196 Å². The van der Waals surface area contributed by atoms with E-state index in [2.05, 4.69) is 42.2 Å². The van der Waals surface area contributed by atoms with Crippen molar-refractivity contribution in [3.8, 4) is 0 Å². The Balaban J connectivity index is 1.47. The molecule has 2 saturated heterocycles. The summed E-state index contributed by atoms with van der Waals surface area (Å²) in [6.07, 6.45) is 5.19. The highest BCUT2D eigenvalue weighted by Crippen LogP contribution is 2.37. The number of hydrogen-bond acceptors (Lipinski definition) is 4. The standard InChI is InChI=1S/C27H33N3O3/c1-22-9-6-7-12-24(22)13-8-16-29-25(31)27(30(26(29)32)19-20-33-2)14-17-28(18-15-27)21-23-10-4-3-5-11-23/h3-13H,14-21H2,1-2H3. The molecule has 0 bridgehead atoms. The molecule has 2 aromatic rings. The summed E-state index contributed by atoms with van der Waals surface area (Å²) in [5.74, 6) is -0.0719. The maximum absolute atomic E-state index is 13.6. The molecule has 174 valence electrons. The molecule has 0 unspecified atom stereocenters. The minimum Gasteiger partial charge on any atom is -0.383 e. The third kappa shape index (κ3) is 4.87. The van der Waals surface area contributed by atoms with Gasteiger partial charge in [-0.25, -0.2) is 4.79 Å². The van der Waals surface area contributed by atoms with Crippen molar-refractivity contribution in [3.63, 3.8) is 0 Å². The van der Waals surface area contributed by atoms with Crippen molar-refractivity contribution < 1.29 is 14.3 Å². The van der Waals surface area contributed by atoms with Gasteiger partial charge >= 0.3 is 6.03 Å². The summed E-state index contributed by atoms with van der Waals surface area (Å²) < 4.78 is 5.26. The Morgan fingerprint density at radius 3 is 2.39 bits per heavy atom. The van der Waals surface area contributed by atoms with Crippen molar-refractivity contribution in [1.82, 2.24) is 14.7 Å². The number of imide groups is 1. The molecule has 0 saturated carbocycles. The predicted molar refractivity (Wildman–Crippen MR) is 130 cm³/mol. The van der Waals surface area contributed by atoms with Gasteiger partial charge in [-0.1, -0.05) is 66.7 Å². The average Bonchev–Trinajstić information content (AvgIpc) is 3.02. The van der Waals surface area contributed by atoms with E-state index in [1.807, 2.05) is 36.4 Å². The minimum absolute atomic E-state index is 0.0719. The second-order valence-electron chi connectivity index (χ2n) is 8.90. The SMILES string of the molecule is COCCN1C(=O)N(CC=Cc2ccccc2C)C(=O)C12CCN(Cc1ccccc1)CC2. The lowest BCUT2D eigenvalue weighted by molar-refractivity contribution is -0.135. The van der Waals surface area contributed by atoms with Gasteiger partial charge in [-0.2, -0.15) is 0 Å². The highest BCUT2D eigenvalue weighted by molar-refractivity contribution is 6.07. The fraction of sp³-hybridized carbons (Fsp3) is 0.407. The quantitative estimate of drug-likeness (QED) is 0.575. The number of amides is 3. The molecule has 2 aliphatic heterocycles. The van der Waals surface area contributed by atoms with E-state index in [9.17, 15) is 9.59 Å². The maximum atomic E-state index is 13.6. The van der Waals surface area contributed by atoms with Gasteiger partial charge in [0.05, 0.1) is 6.61 Å². The summed E-state index contributed by atoms with van der Waals surface area (Å²) in [5.41, 5.74) is 2.76. The van der Waals surface area contributed by atoms with Gasteiger partial charge in [-0.05, 0) is 36.5 Å². The molecule has 6 nitrogen and oxygen atoms in total. The Bertz CT molecular complexity index is 997. The zero-order chi connectivity index (χ0) is 23.3. The Hall–Kier alpha value is -2.96. The Morgan fingerprint density at radius 1 is 1.00 bits per heavy atom. The first-order chi connectivity index (χ1) is 16.0. The molecular weight excluding hydrogens is 414 g/mol. The first kappa shape index (κ1) is 23.2. The zero-order valence-corrected chi connectivity index (χ0v) is 19.6. The van der Waals surface area contributed by atoms with E-state index in [0.717, 1.165) is 30.8 Å². The first-order valence-electron chi connectivity index (χ1n) is 11.7. The van der Waals surface area contributed by atoms with Crippen LogP contribution in [0.2, 0.25) is 0 Å². The highest BCUT2D eigenvalue weighted by Gasteiger charge is 2.57. The van der Waals surface area contributed by atoms with Crippen LogP contribution in [-0.4, -0.2) is 72.1 Å². The molecule has 0 N–H and O–H groups in total. The van der Waals surface area contributed by atoms with Crippen molar-refractivity contribution in [2.24, 2.45) is 0 Å². The molecule has 2 aliphatic rings. The molecule has 33 heavy (non-hydrogen) atoms. The molecule has 0 radical (unpaired) electrons. The molecule has 4 rings (SSSR count). The lowest BCUT2D eigenvalue weighted by Gasteiger charge is -2.42. The fourth-order valence-corrected chi connectivity index (χ4v) is 4.90. The molecular formula is C27H33N3O3. The van der Waals surface area contributed by atoms with Gasteiger partial charge in [0.15, 0.2) is 0 Å². The summed E-state index contributed by atoms with van der Waals surface area (Å²) in [6, 6.07) is 18.2. The Kier molecular flexibility index (Phi) is 7.26. The number of likely N-dealkylation sites (tertiary alicyclic amines) is 1. The van der Waals surface area contributed by atoms with Crippen LogP contribution in [0.4, 0.5) is 4.79 Å². The number of carbonyl (C=O) groups excluding carboxylic acids is 2. The summed E-state index contributed by atoms with van der Waals surface area (Å²) in [4.78, 5) is 32.5. The van der Waals surface area contributed by atoms with Crippen molar-refractivity contribution >= 4 is 18.0 Å². The molecule has 2 heterocycles. The van der Waals surface area contributed by atoms with Gasteiger partial charge in [-0.3, -0.25) is 14.6 Å². The average molecular weight is 448 g/mol. The fourth-order valence-electron chi connectivity index (χ4n) is 4.90. The summed E-state index contributed by atoms with van der Waals surface area (Å²) in [7, 11) is 1.63. The van der Waals surface area contributed by atoms with Crippen LogP contribution >= 0.6 is 0 Å². The van der Waals surface area contributed by atoms with Crippen LogP contribution in [-0.2, 0) is 16.1 Å². The number of methoxy groups -OCH3 is 1. The van der Waals surface area contributed by atoms with Crippen LogP contribution in [0.25, 0.3) is 6.08 Å². The van der Waals surface area contributed by atoms with Crippen molar-refractivity contribution in [2.45, 2.75) is 31.8 Å². The second-order valence-corrected chi connectivity index (χ2v) is 8.90. The van der Waals surface area contributed by atoms with E-state index >= 15 is 0 Å². The molecule has 0 atom stereocenters. The lowest BCUT2D eigenvalue weighted by Crippen LogP contribution is -2.57. The van der Waals surface area contributed by atoms with Gasteiger partial charge < -0.3 is 9.64 Å². The molecule has 0 aromatic heterocycles. The van der Waals surface area contributed by atoms with Crippen LogP contribution < -0.4 is 0 Å². The minimum atomic E-state index is -0.765. The third-order valence-corrected chi connectivity index (χ3v) is 6.85. The number of aryl methyl sites for hydroxylation is 1. The number of hydrogen-bond donors (Lipinski definition) is 0. The summed E-state index contributed by atoms with van der Waals surface area (Å²) in [6.45, 7) is 5.61. The number of ether oxygens (including phenoxy) is 1. The molecule has 0 aliphatic carbocycles. The number of nitrogens with zero attached hydrogens (tertiary/aromatic N) is 3. The number of rotatable bonds is 8. The number of benzene rings is 2. The van der Waals surface area contributed by atoms with E-state index in [4.69, 9.17) is 4.74 Å². The second kappa shape index (κ2) is 10.3. The van der Waals surface area contributed by atoms with E-state index in [0.29, 0.717) is 26.0 Å². The van der Waals surface area contributed by atoms with Gasteiger partial charge in [0, 0.05) is 39.8 Å². The van der Waals surface area contributed by atoms with E-state index in [1.165, 1.54) is 10.5 Å². The van der Waals surface area contributed by atoms with Crippen LogP contribution in [0.5, 0.6) is 0 Å². The van der Waals surface area contributed by atoms with Gasteiger partial charge in [-0.15, -0.1) is 0 Å². The van der Waals surface area contributed by atoms with Crippen LogP contribution in [0.3, 0.4) is 0 Å². The van der Waals surface area contributed by atoms with E-state index in [-0.39, 0.29) is 18.5 Å². The normalized spacial score (nSPS) is 18.7. The van der Waals surface area contributed by atoms with Gasteiger partial charge in [0.2, 0.25) is 0 Å². The summed E-state index contributed by atoms with van der Waals surface area (Å²) >= 11 is 0. The topological polar surface area (TPSA) is 53.1 Å². The molecule has 2 fully saturated rings.